The number of hydrogen-bond acceptors (Lipinski definition) is 2. The lowest BCUT2D eigenvalue weighted by Gasteiger charge is -2.22. The minimum Gasteiger partial charge on any atom is -0.385 e. The quantitative estimate of drug-likeness (QED) is 0.886. The van der Waals surface area contributed by atoms with E-state index in [9.17, 15) is 4.79 Å². The zero-order valence-electron chi connectivity index (χ0n) is 11.3. The van der Waals surface area contributed by atoms with Crippen molar-refractivity contribution in [3.63, 3.8) is 0 Å². The molecule has 0 aliphatic carbocycles. The van der Waals surface area contributed by atoms with Gasteiger partial charge < -0.3 is 10.2 Å². The van der Waals surface area contributed by atoms with E-state index in [0.29, 0.717) is 0 Å². The van der Waals surface area contributed by atoms with Gasteiger partial charge >= 0.3 is 0 Å². The molecule has 98 valence electrons. The highest BCUT2D eigenvalue weighted by Crippen LogP contribution is 2.23. The number of hydrogen-bond donors (Lipinski definition) is 1. The van der Waals surface area contributed by atoms with Crippen molar-refractivity contribution < 1.29 is 4.79 Å². The van der Waals surface area contributed by atoms with Crippen LogP contribution in [-0.4, -0.2) is 30.4 Å². The summed E-state index contributed by atoms with van der Waals surface area (Å²) in [5.41, 5.74) is 3.30. The number of fused-ring (bicyclic) bond motifs is 1. The minimum atomic E-state index is 0.160. The number of carbonyl (C=O) groups excluding carboxylic acids is 1. The molecule has 0 radical (unpaired) electrons. The highest BCUT2D eigenvalue weighted by molar-refractivity contribution is 5.95. The Balaban J connectivity index is 2.19. The molecule has 0 fully saturated rings. The molecular formula is C15H22N2O. The smallest absolute Gasteiger partial charge is 0.253 e. The van der Waals surface area contributed by atoms with Crippen LogP contribution in [0.3, 0.4) is 0 Å². The SMILES string of the molecule is CCCN(CC)C(=O)c1ccc2c(c1)CCCN2. The van der Waals surface area contributed by atoms with E-state index in [0.717, 1.165) is 44.5 Å². The molecule has 1 heterocycles. The van der Waals surface area contributed by atoms with E-state index in [1.54, 1.807) is 0 Å². The molecule has 0 bridgehead atoms. The molecule has 0 saturated heterocycles. The normalized spacial score (nSPS) is 13.7. The van der Waals surface area contributed by atoms with E-state index in [1.807, 2.05) is 24.0 Å². The van der Waals surface area contributed by atoms with Gasteiger partial charge in [0.15, 0.2) is 0 Å². The summed E-state index contributed by atoms with van der Waals surface area (Å²) in [6.45, 7) is 6.80. The second-order valence-electron chi connectivity index (χ2n) is 4.79. The monoisotopic (exact) mass is 246 g/mol. The fourth-order valence-electron chi connectivity index (χ4n) is 2.46. The highest BCUT2D eigenvalue weighted by Gasteiger charge is 2.16. The molecule has 3 nitrogen and oxygen atoms in total. The summed E-state index contributed by atoms with van der Waals surface area (Å²) in [7, 11) is 0. The van der Waals surface area contributed by atoms with Crippen molar-refractivity contribution in [2.45, 2.75) is 33.1 Å². The maximum Gasteiger partial charge on any atom is 0.253 e. The van der Waals surface area contributed by atoms with Crippen molar-refractivity contribution in [2.75, 3.05) is 25.0 Å². The van der Waals surface area contributed by atoms with Crippen LogP contribution in [0.5, 0.6) is 0 Å². The molecule has 3 heteroatoms. The zero-order chi connectivity index (χ0) is 13.0. The molecule has 1 aliphatic rings. The second kappa shape index (κ2) is 5.89. The minimum absolute atomic E-state index is 0.160. The third-order valence-corrected chi connectivity index (χ3v) is 3.45. The van der Waals surface area contributed by atoms with Crippen molar-refractivity contribution in [2.24, 2.45) is 0 Å². The van der Waals surface area contributed by atoms with Crippen LogP contribution in [0.15, 0.2) is 18.2 Å². The van der Waals surface area contributed by atoms with Gasteiger partial charge in [0.25, 0.3) is 5.91 Å². The third kappa shape index (κ3) is 2.66. The maximum atomic E-state index is 12.4. The van der Waals surface area contributed by atoms with Gasteiger partial charge in [0.1, 0.15) is 0 Å². The molecule has 1 aromatic carbocycles. The first-order chi connectivity index (χ1) is 8.76. The average Bonchev–Trinajstić information content (AvgIpc) is 2.43. The maximum absolute atomic E-state index is 12.4. The molecule has 0 spiro atoms. The third-order valence-electron chi connectivity index (χ3n) is 3.45. The van der Waals surface area contributed by atoms with Crippen LogP contribution in [0.4, 0.5) is 5.69 Å². The van der Waals surface area contributed by atoms with Crippen LogP contribution in [-0.2, 0) is 6.42 Å². The molecule has 0 aromatic heterocycles. The summed E-state index contributed by atoms with van der Waals surface area (Å²) >= 11 is 0. The Bertz CT molecular complexity index is 429. The Morgan fingerprint density at radius 3 is 2.94 bits per heavy atom. The number of aryl methyl sites for hydroxylation is 1. The van der Waals surface area contributed by atoms with Gasteiger partial charge in [-0.05, 0) is 49.9 Å². The summed E-state index contributed by atoms with van der Waals surface area (Å²) in [6.07, 6.45) is 3.23. The Morgan fingerprint density at radius 1 is 1.39 bits per heavy atom. The van der Waals surface area contributed by atoms with E-state index in [1.165, 1.54) is 11.3 Å². The molecule has 1 N–H and O–H groups in total. The molecule has 1 amide bonds. The topological polar surface area (TPSA) is 32.3 Å². The van der Waals surface area contributed by atoms with Crippen molar-refractivity contribution >= 4 is 11.6 Å². The number of carbonyl (C=O) groups is 1. The highest BCUT2D eigenvalue weighted by atomic mass is 16.2. The van der Waals surface area contributed by atoms with Crippen molar-refractivity contribution in [3.8, 4) is 0 Å². The molecule has 1 aliphatic heterocycles. The largest absolute Gasteiger partial charge is 0.385 e. The fraction of sp³-hybridized carbons (Fsp3) is 0.533. The predicted molar refractivity (Wildman–Crippen MR) is 75.1 cm³/mol. The van der Waals surface area contributed by atoms with Crippen LogP contribution in [0.2, 0.25) is 0 Å². The number of benzene rings is 1. The first kappa shape index (κ1) is 12.9. The Labute approximate surface area is 109 Å². The van der Waals surface area contributed by atoms with Gasteiger partial charge in [-0.3, -0.25) is 4.79 Å². The molecule has 0 atom stereocenters. The molecule has 1 aromatic rings. The average molecular weight is 246 g/mol. The van der Waals surface area contributed by atoms with E-state index < -0.39 is 0 Å². The van der Waals surface area contributed by atoms with Crippen LogP contribution >= 0.6 is 0 Å². The number of nitrogens with zero attached hydrogens (tertiary/aromatic N) is 1. The van der Waals surface area contributed by atoms with Crippen LogP contribution in [0.25, 0.3) is 0 Å². The fourth-order valence-corrected chi connectivity index (χ4v) is 2.46. The molecule has 2 rings (SSSR count). The number of amides is 1. The first-order valence-corrected chi connectivity index (χ1v) is 6.92. The summed E-state index contributed by atoms with van der Waals surface area (Å²) < 4.78 is 0. The first-order valence-electron chi connectivity index (χ1n) is 6.92. The lowest BCUT2D eigenvalue weighted by atomic mass is 10.0. The Kier molecular flexibility index (Phi) is 4.24. The van der Waals surface area contributed by atoms with E-state index in [4.69, 9.17) is 0 Å². The second-order valence-corrected chi connectivity index (χ2v) is 4.79. The summed E-state index contributed by atoms with van der Waals surface area (Å²) in [4.78, 5) is 14.3. The number of rotatable bonds is 4. The lowest BCUT2D eigenvalue weighted by Crippen LogP contribution is -2.31. The van der Waals surface area contributed by atoms with Gasteiger partial charge in [0.2, 0.25) is 0 Å². The summed E-state index contributed by atoms with van der Waals surface area (Å²) in [6, 6.07) is 6.04. The van der Waals surface area contributed by atoms with E-state index in [-0.39, 0.29) is 5.91 Å². The predicted octanol–water partition coefficient (Wildman–Crippen LogP) is 2.92. The van der Waals surface area contributed by atoms with Crippen molar-refractivity contribution in [3.05, 3.63) is 29.3 Å². The van der Waals surface area contributed by atoms with Gasteiger partial charge in [0, 0.05) is 30.9 Å². The van der Waals surface area contributed by atoms with Crippen LogP contribution in [0.1, 0.15) is 42.6 Å². The molecule has 0 saturated carbocycles. The van der Waals surface area contributed by atoms with Crippen LogP contribution in [0, 0.1) is 0 Å². The van der Waals surface area contributed by atoms with Gasteiger partial charge in [-0.2, -0.15) is 0 Å². The number of anilines is 1. The Hall–Kier alpha value is -1.51. The zero-order valence-corrected chi connectivity index (χ0v) is 11.3. The van der Waals surface area contributed by atoms with Gasteiger partial charge in [-0.25, -0.2) is 0 Å². The van der Waals surface area contributed by atoms with E-state index in [2.05, 4.69) is 18.3 Å². The number of nitrogens with one attached hydrogen (secondary N) is 1. The summed E-state index contributed by atoms with van der Waals surface area (Å²) in [5.74, 6) is 0.160. The van der Waals surface area contributed by atoms with Gasteiger partial charge in [-0.1, -0.05) is 6.92 Å². The standard InChI is InChI=1S/C15H22N2O/c1-3-10-17(4-2)15(18)13-7-8-14-12(11-13)6-5-9-16-14/h7-8,11,16H,3-6,9-10H2,1-2H3. The van der Waals surface area contributed by atoms with Gasteiger partial charge in [0.05, 0.1) is 0 Å². The Morgan fingerprint density at radius 2 is 2.22 bits per heavy atom. The lowest BCUT2D eigenvalue weighted by molar-refractivity contribution is 0.0764. The van der Waals surface area contributed by atoms with Crippen molar-refractivity contribution in [1.29, 1.82) is 0 Å². The molecular weight excluding hydrogens is 224 g/mol. The van der Waals surface area contributed by atoms with Gasteiger partial charge in [-0.15, -0.1) is 0 Å². The van der Waals surface area contributed by atoms with E-state index >= 15 is 0 Å². The van der Waals surface area contributed by atoms with Crippen molar-refractivity contribution in [1.82, 2.24) is 4.90 Å². The molecule has 0 unspecified atom stereocenters. The summed E-state index contributed by atoms with van der Waals surface area (Å²) in [5, 5.41) is 3.37. The van der Waals surface area contributed by atoms with Crippen LogP contribution < -0.4 is 5.32 Å². The molecule has 18 heavy (non-hydrogen) atoms.